The highest BCUT2D eigenvalue weighted by Gasteiger charge is 2.36. The molecule has 1 saturated heterocycles. The second kappa shape index (κ2) is 6.78. The highest BCUT2D eigenvalue weighted by Crippen LogP contribution is 2.25. The Morgan fingerprint density at radius 2 is 1.90 bits per heavy atom. The van der Waals surface area contributed by atoms with Gasteiger partial charge in [-0.3, -0.25) is 9.69 Å². The van der Waals surface area contributed by atoms with Crippen LogP contribution in [0, 0.1) is 5.92 Å². The molecule has 1 aliphatic rings. The monoisotopic (exact) mass is 295 g/mol. The van der Waals surface area contributed by atoms with Gasteiger partial charge in [0.05, 0.1) is 33.4 Å². The summed E-state index contributed by atoms with van der Waals surface area (Å²) in [6.07, 6.45) is 0. The van der Waals surface area contributed by atoms with Crippen molar-refractivity contribution < 1.29 is 24.1 Å². The van der Waals surface area contributed by atoms with E-state index in [1.165, 1.54) is 0 Å². The number of methoxy groups -OCH3 is 2. The van der Waals surface area contributed by atoms with E-state index in [4.69, 9.17) is 14.2 Å². The van der Waals surface area contributed by atoms with Crippen LogP contribution in [0.2, 0.25) is 0 Å². The van der Waals surface area contributed by atoms with Gasteiger partial charge in [-0.05, 0) is 24.7 Å². The molecule has 1 aromatic rings. The van der Waals surface area contributed by atoms with Crippen LogP contribution < -0.4 is 9.47 Å². The van der Waals surface area contributed by atoms with Gasteiger partial charge in [0.1, 0.15) is 11.5 Å². The number of rotatable bonds is 6. The molecule has 0 aromatic heterocycles. The zero-order chi connectivity index (χ0) is 15.4. The number of carbonyl (C=O) groups is 1. The van der Waals surface area contributed by atoms with E-state index in [0.717, 1.165) is 17.1 Å². The van der Waals surface area contributed by atoms with Gasteiger partial charge in [0, 0.05) is 18.7 Å². The van der Waals surface area contributed by atoms with Gasteiger partial charge in [0.15, 0.2) is 0 Å². The Balaban J connectivity index is 2.11. The highest BCUT2D eigenvalue weighted by molar-refractivity contribution is 5.71. The second-order valence-electron chi connectivity index (χ2n) is 5.19. The minimum absolute atomic E-state index is 0.125. The molecule has 0 spiro atoms. The quantitative estimate of drug-likeness (QED) is 0.851. The molecule has 0 aliphatic carbocycles. The molecule has 6 heteroatoms. The average Bonchev–Trinajstić information content (AvgIpc) is 2.96. The van der Waals surface area contributed by atoms with Gasteiger partial charge in [-0.15, -0.1) is 0 Å². The van der Waals surface area contributed by atoms with Gasteiger partial charge < -0.3 is 19.3 Å². The topological polar surface area (TPSA) is 68.2 Å². The van der Waals surface area contributed by atoms with Gasteiger partial charge in [-0.25, -0.2) is 0 Å². The SMILES string of the molecule is COc1cc(CN(C)C2COCC2C(=O)O)cc(OC)c1. The third-order valence-electron chi connectivity index (χ3n) is 3.78. The van der Waals surface area contributed by atoms with Crippen LogP contribution in [0.5, 0.6) is 11.5 Å². The third kappa shape index (κ3) is 3.65. The number of nitrogens with zero attached hydrogens (tertiary/aromatic N) is 1. The zero-order valence-electron chi connectivity index (χ0n) is 12.5. The summed E-state index contributed by atoms with van der Waals surface area (Å²) >= 11 is 0. The van der Waals surface area contributed by atoms with Crippen LogP contribution in [0.1, 0.15) is 5.56 Å². The molecule has 0 saturated carbocycles. The molecule has 1 fully saturated rings. The van der Waals surface area contributed by atoms with Gasteiger partial charge in [0.25, 0.3) is 0 Å². The number of hydrogen-bond acceptors (Lipinski definition) is 5. The standard InChI is InChI=1S/C15H21NO5/c1-16(14-9-21-8-13(14)15(17)18)7-10-4-11(19-2)6-12(5-10)20-3/h4-6,13-14H,7-9H2,1-3H3,(H,17,18). The Morgan fingerprint density at radius 3 is 2.43 bits per heavy atom. The molecule has 1 N–H and O–H groups in total. The first kappa shape index (κ1) is 15.6. The summed E-state index contributed by atoms with van der Waals surface area (Å²) in [5.74, 6) is 0.139. The third-order valence-corrected chi connectivity index (χ3v) is 3.78. The van der Waals surface area contributed by atoms with E-state index in [1.54, 1.807) is 14.2 Å². The summed E-state index contributed by atoms with van der Waals surface area (Å²) in [5.41, 5.74) is 1.00. The van der Waals surface area contributed by atoms with E-state index in [2.05, 4.69) is 0 Å². The lowest BCUT2D eigenvalue weighted by atomic mass is 10.0. The predicted octanol–water partition coefficient (Wildman–Crippen LogP) is 1.24. The van der Waals surface area contributed by atoms with Gasteiger partial charge in [-0.2, -0.15) is 0 Å². The first-order chi connectivity index (χ1) is 10.0. The summed E-state index contributed by atoms with van der Waals surface area (Å²) in [6, 6.07) is 5.52. The first-order valence-electron chi connectivity index (χ1n) is 6.78. The van der Waals surface area contributed by atoms with Crippen molar-refractivity contribution in [1.29, 1.82) is 0 Å². The van der Waals surface area contributed by atoms with E-state index in [9.17, 15) is 9.90 Å². The van der Waals surface area contributed by atoms with Crippen LogP contribution >= 0.6 is 0 Å². The Hall–Kier alpha value is -1.79. The molecule has 0 radical (unpaired) electrons. The van der Waals surface area contributed by atoms with Crippen LogP contribution in [0.4, 0.5) is 0 Å². The summed E-state index contributed by atoms with van der Waals surface area (Å²) in [7, 11) is 5.11. The van der Waals surface area contributed by atoms with E-state index >= 15 is 0 Å². The maximum absolute atomic E-state index is 11.2. The summed E-state index contributed by atoms with van der Waals surface area (Å²) in [6.45, 7) is 1.31. The van der Waals surface area contributed by atoms with Crippen molar-refractivity contribution in [2.45, 2.75) is 12.6 Å². The molecule has 0 bridgehead atoms. The van der Waals surface area contributed by atoms with E-state index in [-0.39, 0.29) is 12.6 Å². The fraction of sp³-hybridized carbons (Fsp3) is 0.533. The Morgan fingerprint density at radius 1 is 1.29 bits per heavy atom. The largest absolute Gasteiger partial charge is 0.497 e. The fourth-order valence-corrected chi connectivity index (χ4v) is 2.58. The lowest BCUT2D eigenvalue weighted by Gasteiger charge is -2.26. The first-order valence-corrected chi connectivity index (χ1v) is 6.78. The van der Waals surface area contributed by atoms with Gasteiger partial charge >= 0.3 is 5.97 Å². The lowest BCUT2D eigenvalue weighted by molar-refractivity contribution is -0.143. The normalized spacial score (nSPS) is 21.5. The van der Waals surface area contributed by atoms with Crippen LogP contribution in [-0.4, -0.2) is 56.5 Å². The average molecular weight is 295 g/mol. The molecule has 21 heavy (non-hydrogen) atoms. The number of ether oxygens (including phenoxy) is 3. The number of carboxylic acids is 1. The van der Waals surface area contributed by atoms with Crippen molar-refractivity contribution in [3.8, 4) is 11.5 Å². The molecular formula is C15H21NO5. The van der Waals surface area contributed by atoms with Crippen molar-refractivity contribution in [3.05, 3.63) is 23.8 Å². The van der Waals surface area contributed by atoms with Crippen molar-refractivity contribution in [1.82, 2.24) is 4.90 Å². The predicted molar refractivity (Wildman–Crippen MR) is 76.7 cm³/mol. The second-order valence-corrected chi connectivity index (χ2v) is 5.19. The van der Waals surface area contributed by atoms with E-state index in [1.807, 2.05) is 30.1 Å². The molecule has 2 atom stereocenters. The van der Waals surface area contributed by atoms with Crippen LogP contribution in [0.3, 0.4) is 0 Å². The van der Waals surface area contributed by atoms with Crippen LogP contribution in [-0.2, 0) is 16.1 Å². The van der Waals surface area contributed by atoms with E-state index in [0.29, 0.717) is 13.2 Å². The molecule has 1 heterocycles. The maximum Gasteiger partial charge on any atom is 0.310 e. The number of benzene rings is 1. The summed E-state index contributed by atoms with van der Waals surface area (Å²) in [4.78, 5) is 13.2. The zero-order valence-corrected chi connectivity index (χ0v) is 12.5. The number of aliphatic carboxylic acids is 1. The molecule has 1 aliphatic heterocycles. The van der Waals surface area contributed by atoms with Crippen molar-refractivity contribution >= 4 is 5.97 Å². The lowest BCUT2D eigenvalue weighted by Crippen LogP contribution is -2.40. The molecule has 2 rings (SSSR count). The smallest absolute Gasteiger partial charge is 0.310 e. The molecule has 1 aromatic carbocycles. The molecular weight excluding hydrogens is 274 g/mol. The molecule has 0 amide bonds. The fourth-order valence-electron chi connectivity index (χ4n) is 2.58. The number of likely N-dealkylation sites (N-methyl/N-ethyl adjacent to an activating group) is 1. The van der Waals surface area contributed by atoms with Gasteiger partial charge in [-0.1, -0.05) is 0 Å². The minimum Gasteiger partial charge on any atom is -0.497 e. The number of hydrogen-bond donors (Lipinski definition) is 1. The number of carboxylic acid groups (broad SMARTS) is 1. The maximum atomic E-state index is 11.2. The van der Waals surface area contributed by atoms with Crippen molar-refractivity contribution in [3.63, 3.8) is 0 Å². The Kier molecular flexibility index (Phi) is 5.03. The minimum atomic E-state index is -0.812. The molecule has 6 nitrogen and oxygen atoms in total. The summed E-state index contributed by atoms with van der Waals surface area (Å²) in [5, 5.41) is 9.22. The Labute approximate surface area is 124 Å². The molecule has 116 valence electrons. The summed E-state index contributed by atoms with van der Waals surface area (Å²) < 4.78 is 15.8. The van der Waals surface area contributed by atoms with Crippen LogP contribution in [0.25, 0.3) is 0 Å². The van der Waals surface area contributed by atoms with Crippen molar-refractivity contribution in [2.75, 3.05) is 34.5 Å². The van der Waals surface area contributed by atoms with Crippen LogP contribution in [0.15, 0.2) is 18.2 Å². The van der Waals surface area contributed by atoms with Gasteiger partial charge in [0.2, 0.25) is 0 Å². The molecule has 2 unspecified atom stereocenters. The Bertz CT molecular complexity index is 483. The highest BCUT2D eigenvalue weighted by atomic mass is 16.5. The van der Waals surface area contributed by atoms with E-state index < -0.39 is 11.9 Å². The van der Waals surface area contributed by atoms with Crippen molar-refractivity contribution in [2.24, 2.45) is 5.92 Å².